The number of ether oxygens (including phenoxy) is 8. The second-order valence-electron chi connectivity index (χ2n) is 36.6. The molecule has 0 bridgehead atoms. The average molecular weight is 1510 g/mol. The van der Waals surface area contributed by atoms with Crippen molar-refractivity contribution in [2.45, 2.75) is 383 Å². The molecular weight excluding hydrogens is 1370 g/mol. The van der Waals surface area contributed by atoms with Gasteiger partial charge in [0.05, 0.1) is 87.0 Å². The first-order chi connectivity index (χ1) is 42.5. The van der Waals surface area contributed by atoms with Crippen LogP contribution >= 0.6 is 22.6 Å². The van der Waals surface area contributed by atoms with Crippen LogP contribution < -0.4 is 0 Å². The van der Waals surface area contributed by atoms with Crippen LogP contribution in [-0.4, -0.2) is 172 Å². The van der Waals surface area contributed by atoms with E-state index in [4.69, 9.17) is 66.6 Å². The average Bonchev–Trinajstić information content (AvgIpc) is 1.22. The Morgan fingerprint density at radius 3 is 1.72 bits per heavy atom. The molecule has 0 aliphatic carbocycles. The summed E-state index contributed by atoms with van der Waals surface area (Å²) < 4.78 is 93.9. The monoisotopic (exact) mass is 1500 g/mol. The maximum atomic E-state index is 15.4. The van der Waals surface area contributed by atoms with Gasteiger partial charge in [-0.3, -0.25) is 4.79 Å². The van der Waals surface area contributed by atoms with Crippen molar-refractivity contribution in [1.82, 2.24) is 0 Å². The van der Waals surface area contributed by atoms with Crippen molar-refractivity contribution in [3.8, 4) is 0 Å². The Hall–Kier alpha value is 0.184. The highest BCUT2D eigenvalue weighted by atomic mass is 127. The third kappa shape index (κ3) is 21.4. The van der Waals surface area contributed by atoms with Gasteiger partial charge in [-0.1, -0.05) is 147 Å². The standard InChI is InChI=1S/C73H137IO14Si5/c1-48-41-52(31-34-57-49(2)42-53(80-57)33-36-63-77-39-30-40-78-63)81-60(50(48)3)46-61-56(64(76-19)62(83-61)45-55(85-90(22,23)70(7,8)9)47-79-89(20,21)69(4,5)6)44-51(75)43-54-32-35-58-65(82-54)67(87-92(26,27)72(13,14)15)68(88-93(28,29)73(16,17)18)66(84-58)59(37-38-74)86-91(24,25)71(10,11)12/h37-38,48,52-68H,2-3,30-36,39-47H2,1,4-29H3/b38-37+/t48-,52+,53+,54?,55+,56+,57+,58+,59?,60-,61+,62-,64-,65+,66+,67?,68?/m1/s1. The van der Waals surface area contributed by atoms with E-state index >= 15 is 4.79 Å². The first-order valence-corrected chi connectivity index (χ1v) is 51.8. The fraction of sp³-hybridized carbons (Fsp3) is 0.904. The van der Waals surface area contributed by atoms with Gasteiger partial charge < -0.3 is 60.0 Å². The van der Waals surface area contributed by atoms with Crippen LogP contribution in [0.5, 0.6) is 0 Å². The second kappa shape index (κ2) is 32.2. The molecule has 6 aliphatic rings. The summed E-state index contributed by atoms with van der Waals surface area (Å²) in [5, 5.41) is -0.259. The molecule has 0 amide bonds. The van der Waals surface area contributed by atoms with Crippen molar-refractivity contribution in [2.75, 3.05) is 26.9 Å². The maximum Gasteiger partial charge on any atom is 0.193 e. The van der Waals surface area contributed by atoms with E-state index in [1.807, 2.05) is 0 Å². The van der Waals surface area contributed by atoms with Crippen LogP contribution in [0.1, 0.15) is 194 Å². The molecule has 0 N–H and O–H groups in total. The predicted octanol–water partition coefficient (Wildman–Crippen LogP) is 18.7. The van der Waals surface area contributed by atoms with E-state index in [2.05, 4.69) is 216 Å². The minimum Gasteiger partial charge on any atom is -0.414 e. The van der Waals surface area contributed by atoms with E-state index in [1.165, 1.54) is 0 Å². The third-order valence-corrected chi connectivity index (χ3v) is 47.1. The molecule has 6 saturated heterocycles. The van der Waals surface area contributed by atoms with E-state index in [0.29, 0.717) is 32.3 Å². The summed E-state index contributed by atoms with van der Waals surface area (Å²) >= 11 is 2.32. The van der Waals surface area contributed by atoms with Gasteiger partial charge in [0.2, 0.25) is 0 Å². The van der Waals surface area contributed by atoms with Crippen molar-refractivity contribution in [1.29, 1.82) is 0 Å². The molecule has 14 nitrogen and oxygen atoms in total. The Morgan fingerprint density at radius 1 is 0.613 bits per heavy atom. The Kier molecular flexibility index (Phi) is 28.5. The minimum absolute atomic E-state index is 0.00124. The zero-order chi connectivity index (χ0) is 70.0. The highest BCUT2D eigenvalue weighted by molar-refractivity contribution is 14.1. The predicted molar refractivity (Wildman–Crippen MR) is 400 cm³/mol. The highest BCUT2D eigenvalue weighted by Crippen LogP contribution is 2.50. The molecule has 93 heavy (non-hydrogen) atoms. The maximum absolute atomic E-state index is 15.4. The molecule has 20 heteroatoms. The Balaban J connectivity index is 1.30. The van der Waals surface area contributed by atoms with Gasteiger partial charge >= 0.3 is 0 Å². The first kappa shape index (κ1) is 82.1. The van der Waals surface area contributed by atoms with E-state index < -0.39 is 72.1 Å². The lowest BCUT2D eigenvalue weighted by atomic mass is 9.81. The number of methoxy groups -OCH3 is 1. The fourth-order valence-corrected chi connectivity index (χ4v) is 19.6. The molecule has 0 aromatic rings. The van der Waals surface area contributed by atoms with Crippen molar-refractivity contribution < 1.29 is 64.8 Å². The lowest BCUT2D eigenvalue weighted by Crippen LogP contribution is -2.69. The summed E-state index contributed by atoms with van der Waals surface area (Å²) in [6.45, 7) is 71.0. The number of carbonyl (C=O) groups is 1. The number of carbonyl (C=O) groups excluding carboxylic acids is 1. The van der Waals surface area contributed by atoms with Crippen LogP contribution in [0.4, 0.5) is 0 Å². The molecule has 0 spiro atoms. The topological polar surface area (TPSA) is 137 Å². The molecule has 0 radical (unpaired) electrons. The van der Waals surface area contributed by atoms with Gasteiger partial charge in [0, 0.05) is 45.1 Å². The van der Waals surface area contributed by atoms with E-state index in [1.54, 1.807) is 7.11 Å². The van der Waals surface area contributed by atoms with Crippen molar-refractivity contribution in [2.24, 2.45) is 11.8 Å². The van der Waals surface area contributed by atoms with Crippen LogP contribution in [0.25, 0.3) is 0 Å². The molecule has 6 rings (SSSR count). The van der Waals surface area contributed by atoms with Crippen LogP contribution in [0, 0.1) is 11.8 Å². The van der Waals surface area contributed by atoms with E-state index in [0.717, 1.165) is 69.3 Å². The third-order valence-electron chi connectivity index (χ3n) is 24.2. The number of Topliss-reactive ketones (excluding diaryl/α,β-unsaturated/α-hetero) is 1. The number of ketones is 1. The molecule has 0 aromatic carbocycles. The molecular formula is C73H137IO14Si5. The van der Waals surface area contributed by atoms with Crippen LogP contribution in [0.3, 0.4) is 0 Å². The molecule has 6 fully saturated rings. The molecule has 4 unspecified atom stereocenters. The number of hydrogen-bond acceptors (Lipinski definition) is 14. The number of rotatable bonds is 28. The SMILES string of the molecule is C=C1C[C@H](CCC2OCCCO2)O[C@H]1CC[C@H]1C[C@@H](C)C(=C)[C@@H](C[C@@H]2O[C@H](C[C@@H](CO[Si](C)(C)C(C)(C)C)O[Si](C)(C)C(C)(C)C)[C@H](OC)[C@H]2CC(=O)CC2CC[C@@H]3O[C@@H](C(/C=C/I)O[Si](C)(C)C(C)(C)C)C(O[Si](C)(C)C(C)(C)C)C(O[Si](C)(C)C(C)(C)C)[C@H]3O2)O1. The summed E-state index contributed by atoms with van der Waals surface area (Å²) in [7, 11) is -10.0. The van der Waals surface area contributed by atoms with Crippen molar-refractivity contribution in [3.63, 3.8) is 0 Å². The van der Waals surface area contributed by atoms with Crippen LogP contribution in [0.2, 0.25) is 90.7 Å². The summed E-state index contributed by atoms with van der Waals surface area (Å²) in [6.07, 6.45) is 6.62. The Labute approximate surface area is 586 Å². The van der Waals surface area contributed by atoms with Gasteiger partial charge in [-0.15, -0.1) is 0 Å². The normalized spacial score (nSPS) is 32.2. The Morgan fingerprint density at radius 2 is 1.16 bits per heavy atom. The zero-order valence-corrected chi connectivity index (χ0v) is 71.0. The molecule has 6 heterocycles. The van der Waals surface area contributed by atoms with Gasteiger partial charge in [-0.2, -0.15) is 0 Å². The number of fused-ring (bicyclic) bond motifs is 1. The van der Waals surface area contributed by atoms with Crippen LogP contribution in [0.15, 0.2) is 34.5 Å². The Bertz CT molecular complexity index is 2450. The van der Waals surface area contributed by atoms with Gasteiger partial charge in [-0.25, -0.2) is 0 Å². The first-order valence-electron chi connectivity index (χ1n) is 36.1. The summed E-state index contributed by atoms with van der Waals surface area (Å²) in [5.41, 5.74) is 2.23. The van der Waals surface area contributed by atoms with Gasteiger partial charge in [0.15, 0.2) is 47.9 Å². The smallest absolute Gasteiger partial charge is 0.193 e. The summed E-state index contributed by atoms with van der Waals surface area (Å²) in [6, 6.07) is 0. The van der Waals surface area contributed by atoms with Crippen LogP contribution in [-0.2, 0) is 64.8 Å². The highest BCUT2D eigenvalue weighted by Gasteiger charge is 2.59. The molecule has 6 aliphatic heterocycles. The van der Waals surface area contributed by atoms with Crippen molar-refractivity contribution in [3.05, 3.63) is 34.5 Å². The second-order valence-corrected chi connectivity index (χ2v) is 61.2. The summed E-state index contributed by atoms with van der Waals surface area (Å²) in [4.78, 5) is 15.4. The quantitative estimate of drug-likeness (QED) is 0.0417. The van der Waals surface area contributed by atoms with Gasteiger partial charge in [-0.05, 0) is 169 Å². The number of hydrogen-bond donors (Lipinski definition) is 0. The largest absolute Gasteiger partial charge is 0.414 e. The van der Waals surface area contributed by atoms with Crippen molar-refractivity contribution >= 4 is 70.0 Å². The lowest BCUT2D eigenvalue weighted by Gasteiger charge is -2.56. The minimum atomic E-state index is -2.50. The molecule has 0 saturated carbocycles. The van der Waals surface area contributed by atoms with E-state index in [-0.39, 0.29) is 123 Å². The molecule has 17 atom stereocenters. The van der Waals surface area contributed by atoms with Gasteiger partial charge in [0.25, 0.3) is 0 Å². The summed E-state index contributed by atoms with van der Waals surface area (Å²) in [5.74, 6) is 0.0807. The zero-order valence-electron chi connectivity index (χ0n) is 63.9. The number of halogens is 1. The fourth-order valence-electron chi connectivity index (χ4n) is 13.0. The lowest BCUT2D eigenvalue weighted by molar-refractivity contribution is -0.266. The van der Waals surface area contributed by atoms with E-state index in [9.17, 15) is 0 Å². The van der Waals surface area contributed by atoms with Gasteiger partial charge in [0.1, 0.15) is 30.2 Å². The molecule has 0 aromatic heterocycles. The molecule has 540 valence electrons.